The summed E-state index contributed by atoms with van der Waals surface area (Å²) in [5, 5.41) is 7.28. The number of amides is 1. The molecule has 4 rings (SSSR count). The van der Waals surface area contributed by atoms with Gasteiger partial charge >= 0.3 is 0 Å². The molecule has 3 aromatic rings. The zero-order chi connectivity index (χ0) is 19.7. The average Bonchev–Trinajstić information content (AvgIpc) is 3.14. The minimum absolute atomic E-state index is 0.0804. The van der Waals surface area contributed by atoms with Gasteiger partial charge in [-0.1, -0.05) is 24.3 Å². The first-order valence-corrected chi connectivity index (χ1v) is 9.47. The zero-order valence-corrected chi connectivity index (χ0v) is 15.5. The van der Waals surface area contributed by atoms with Crippen molar-refractivity contribution in [2.75, 3.05) is 13.1 Å². The summed E-state index contributed by atoms with van der Waals surface area (Å²) in [5.41, 5.74) is 1.44. The molecule has 0 spiro atoms. The molecule has 1 aromatic heterocycles. The van der Waals surface area contributed by atoms with E-state index < -0.39 is 17.6 Å². The summed E-state index contributed by atoms with van der Waals surface area (Å²) >= 11 is 0. The second-order valence-electron chi connectivity index (χ2n) is 7.30. The van der Waals surface area contributed by atoms with E-state index in [0.717, 1.165) is 30.0 Å². The van der Waals surface area contributed by atoms with Gasteiger partial charge in [-0.05, 0) is 49.7 Å². The van der Waals surface area contributed by atoms with Crippen LogP contribution in [0.15, 0.2) is 52.9 Å². The van der Waals surface area contributed by atoms with Crippen LogP contribution in [0.4, 0.5) is 8.78 Å². The maximum atomic E-state index is 13.7. The highest BCUT2D eigenvalue weighted by atomic mass is 19.2. The Morgan fingerprint density at radius 2 is 2.00 bits per heavy atom. The molecule has 3 unspecified atom stereocenters. The molecule has 2 aromatic carbocycles. The molecule has 3 atom stereocenters. The minimum atomic E-state index is -0.864. The molecule has 1 fully saturated rings. The van der Waals surface area contributed by atoms with Gasteiger partial charge in [0, 0.05) is 23.9 Å². The number of hydrogen-bond acceptors (Lipinski definition) is 3. The van der Waals surface area contributed by atoms with Gasteiger partial charge in [0.1, 0.15) is 11.3 Å². The largest absolute Gasteiger partial charge is 0.460 e. The fourth-order valence-corrected chi connectivity index (χ4v) is 3.80. The van der Waals surface area contributed by atoms with Crippen molar-refractivity contribution in [3.63, 3.8) is 0 Å². The zero-order valence-electron chi connectivity index (χ0n) is 15.5. The van der Waals surface area contributed by atoms with Crippen LogP contribution in [-0.4, -0.2) is 25.0 Å². The minimum Gasteiger partial charge on any atom is -0.460 e. The Morgan fingerprint density at radius 1 is 1.18 bits per heavy atom. The van der Waals surface area contributed by atoms with E-state index in [4.69, 9.17) is 4.42 Å². The molecule has 1 amide bonds. The Bertz CT molecular complexity index is 968. The monoisotopic (exact) mass is 384 g/mol. The van der Waals surface area contributed by atoms with Crippen molar-refractivity contribution in [2.45, 2.75) is 31.2 Å². The fraction of sp³-hybridized carbons (Fsp3) is 0.318. The van der Waals surface area contributed by atoms with Crippen molar-refractivity contribution in [1.82, 2.24) is 10.6 Å². The van der Waals surface area contributed by atoms with Crippen LogP contribution in [-0.2, 0) is 4.79 Å². The predicted molar refractivity (Wildman–Crippen MR) is 103 cm³/mol. The summed E-state index contributed by atoms with van der Waals surface area (Å²) in [6.45, 7) is 3.13. The predicted octanol–water partition coefficient (Wildman–Crippen LogP) is 4.08. The van der Waals surface area contributed by atoms with E-state index in [2.05, 4.69) is 10.6 Å². The van der Waals surface area contributed by atoms with Crippen molar-refractivity contribution in [2.24, 2.45) is 0 Å². The molecule has 4 nitrogen and oxygen atoms in total. The lowest BCUT2D eigenvalue weighted by atomic mass is 9.85. The van der Waals surface area contributed by atoms with Crippen LogP contribution in [0.2, 0.25) is 0 Å². The summed E-state index contributed by atoms with van der Waals surface area (Å²) in [7, 11) is 0. The van der Waals surface area contributed by atoms with Crippen molar-refractivity contribution < 1.29 is 18.0 Å². The molecule has 28 heavy (non-hydrogen) atoms. The molecule has 0 saturated carbocycles. The maximum Gasteiger partial charge on any atom is 0.230 e. The first-order valence-electron chi connectivity index (χ1n) is 9.47. The Labute approximate surface area is 161 Å². The molecule has 146 valence electrons. The van der Waals surface area contributed by atoms with E-state index in [9.17, 15) is 13.6 Å². The average molecular weight is 384 g/mol. The lowest BCUT2D eigenvalue weighted by Crippen LogP contribution is -2.50. The van der Waals surface area contributed by atoms with E-state index >= 15 is 0 Å². The quantitative estimate of drug-likeness (QED) is 0.713. The Hall–Kier alpha value is -2.73. The summed E-state index contributed by atoms with van der Waals surface area (Å²) < 4.78 is 32.8. The van der Waals surface area contributed by atoms with Crippen molar-refractivity contribution in [3.05, 3.63) is 71.5 Å². The maximum absolute atomic E-state index is 13.7. The van der Waals surface area contributed by atoms with Crippen LogP contribution in [0.25, 0.3) is 11.0 Å². The highest BCUT2D eigenvalue weighted by molar-refractivity contribution is 5.85. The lowest BCUT2D eigenvalue weighted by Gasteiger charge is -2.33. The Balaban J connectivity index is 1.51. The number of hydrogen-bond donors (Lipinski definition) is 2. The van der Waals surface area contributed by atoms with Crippen LogP contribution in [0, 0.1) is 11.6 Å². The summed E-state index contributed by atoms with van der Waals surface area (Å²) in [6.07, 6.45) is 0.731. The van der Waals surface area contributed by atoms with Crippen LogP contribution >= 0.6 is 0 Å². The molecule has 2 heterocycles. The van der Waals surface area contributed by atoms with Crippen molar-refractivity contribution in [3.8, 4) is 0 Å². The fourth-order valence-electron chi connectivity index (χ4n) is 3.80. The van der Waals surface area contributed by atoms with E-state index in [1.807, 2.05) is 30.3 Å². The third-order valence-corrected chi connectivity index (χ3v) is 5.45. The highest BCUT2D eigenvalue weighted by Crippen LogP contribution is 2.29. The second-order valence-corrected chi connectivity index (χ2v) is 7.30. The van der Waals surface area contributed by atoms with E-state index in [1.165, 1.54) is 6.07 Å². The van der Waals surface area contributed by atoms with Gasteiger partial charge in [0.2, 0.25) is 5.91 Å². The van der Waals surface area contributed by atoms with Crippen LogP contribution in [0.1, 0.15) is 36.5 Å². The summed E-state index contributed by atoms with van der Waals surface area (Å²) in [5.74, 6) is -1.82. The molecule has 0 bridgehead atoms. The highest BCUT2D eigenvalue weighted by Gasteiger charge is 2.30. The van der Waals surface area contributed by atoms with Crippen LogP contribution in [0.5, 0.6) is 0 Å². The van der Waals surface area contributed by atoms with Gasteiger partial charge < -0.3 is 15.1 Å². The van der Waals surface area contributed by atoms with E-state index in [-0.39, 0.29) is 17.9 Å². The van der Waals surface area contributed by atoms with E-state index in [0.29, 0.717) is 17.9 Å². The van der Waals surface area contributed by atoms with Crippen LogP contribution in [0.3, 0.4) is 0 Å². The van der Waals surface area contributed by atoms with Crippen molar-refractivity contribution >= 4 is 16.9 Å². The van der Waals surface area contributed by atoms with Gasteiger partial charge in [-0.2, -0.15) is 0 Å². The molecule has 1 aliphatic rings. The lowest BCUT2D eigenvalue weighted by molar-refractivity contribution is -0.123. The number of rotatable bonds is 4. The Kier molecular flexibility index (Phi) is 5.13. The van der Waals surface area contributed by atoms with Gasteiger partial charge in [0.25, 0.3) is 0 Å². The number of nitrogens with one attached hydrogen (secondary N) is 2. The number of carbonyl (C=O) groups is 1. The number of benzene rings is 2. The van der Waals surface area contributed by atoms with Gasteiger partial charge in [0.05, 0.1) is 5.92 Å². The number of furan rings is 1. The smallest absolute Gasteiger partial charge is 0.230 e. The molecular formula is C22H22F2N2O2. The topological polar surface area (TPSA) is 54.3 Å². The Morgan fingerprint density at radius 3 is 2.79 bits per heavy atom. The molecule has 1 aliphatic heterocycles. The first-order chi connectivity index (χ1) is 13.5. The molecule has 2 N–H and O–H groups in total. The number of carbonyl (C=O) groups excluding carboxylic acids is 1. The number of halogens is 2. The molecular weight excluding hydrogens is 362 g/mol. The normalized spacial score (nSPS) is 20.8. The summed E-state index contributed by atoms with van der Waals surface area (Å²) in [4.78, 5) is 12.9. The number of piperidine rings is 1. The summed E-state index contributed by atoms with van der Waals surface area (Å²) in [6, 6.07) is 13.3. The third kappa shape index (κ3) is 3.64. The van der Waals surface area contributed by atoms with Gasteiger partial charge in [-0.15, -0.1) is 0 Å². The van der Waals surface area contributed by atoms with E-state index in [1.54, 1.807) is 13.0 Å². The molecule has 1 saturated heterocycles. The number of para-hydroxylation sites is 1. The SMILES string of the molecule is CC(C(=O)NC1CNCCC1c1ccc(F)c(F)c1)c1cc2ccccc2o1. The van der Waals surface area contributed by atoms with Gasteiger partial charge in [0.15, 0.2) is 11.6 Å². The van der Waals surface area contributed by atoms with Crippen LogP contribution < -0.4 is 10.6 Å². The van der Waals surface area contributed by atoms with Crippen molar-refractivity contribution in [1.29, 1.82) is 0 Å². The standard InChI is InChI=1S/C22H22F2N2O2/c1-13(21-11-15-4-2-3-5-20(15)28-21)22(27)26-19-12-25-9-8-16(19)14-6-7-17(23)18(24)10-14/h2-7,10-11,13,16,19,25H,8-9,12H2,1H3,(H,26,27). The molecule has 6 heteroatoms. The first kappa shape index (κ1) is 18.6. The second kappa shape index (κ2) is 7.72. The third-order valence-electron chi connectivity index (χ3n) is 5.45. The molecule has 0 radical (unpaired) electrons. The van der Waals surface area contributed by atoms with Gasteiger partial charge in [-0.3, -0.25) is 4.79 Å². The van der Waals surface area contributed by atoms with Gasteiger partial charge in [-0.25, -0.2) is 8.78 Å². The number of fused-ring (bicyclic) bond motifs is 1. The molecule has 0 aliphatic carbocycles.